The van der Waals surface area contributed by atoms with E-state index in [0.29, 0.717) is 11.5 Å². The van der Waals surface area contributed by atoms with E-state index in [1.165, 1.54) is 18.2 Å². The molecule has 3 aromatic rings. The van der Waals surface area contributed by atoms with E-state index in [1.807, 2.05) is 0 Å². The zero-order valence-electron chi connectivity index (χ0n) is 12.8. The lowest BCUT2D eigenvalue weighted by Gasteiger charge is -2.11. The number of ether oxygens (including phenoxy) is 2. The maximum absolute atomic E-state index is 13.2. The van der Waals surface area contributed by atoms with Gasteiger partial charge in [0.25, 0.3) is 0 Å². The van der Waals surface area contributed by atoms with Gasteiger partial charge in [-0.1, -0.05) is 23.7 Å². The van der Waals surface area contributed by atoms with Crippen LogP contribution in [0.25, 0.3) is 0 Å². The van der Waals surface area contributed by atoms with Gasteiger partial charge >= 0.3 is 0 Å². The number of benzene rings is 3. The molecule has 0 aliphatic heterocycles. The lowest BCUT2D eigenvalue weighted by molar-refractivity contribution is 0.306. The summed E-state index contributed by atoms with van der Waals surface area (Å²) in [5.74, 6) is -1.06. The molecule has 0 aliphatic rings. The zero-order chi connectivity index (χ0) is 17.8. The number of rotatable bonds is 5. The van der Waals surface area contributed by atoms with Gasteiger partial charge in [-0.15, -0.1) is 0 Å². The molecular formula is C19H12ClF3O2. The average molecular weight is 365 g/mol. The van der Waals surface area contributed by atoms with E-state index in [1.54, 1.807) is 24.3 Å². The van der Waals surface area contributed by atoms with Gasteiger partial charge in [0.15, 0.2) is 0 Å². The molecule has 0 unspecified atom stereocenters. The van der Waals surface area contributed by atoms with Crippen molar-refractivity contribution in [3.05, 3.63) is 88.7 Å². The predicted molar refractivity (Wildman–Crippen MR) is 88.6 cm³/mol. The van der Waals surface area contributed by atoms with Crippen LogP contribution in [0.15, 0.2) is 60.7 Å². The van der Waals surface area contributed by atoms with Gasteiger partial charge in [-0.3, -0.25) is 0 Å². The van der Waals surface area contributed by atoms with Crippen molar-refractivity contribution in [3.8, 4) is 17.2 Å². The SMILES string of the molecule is Fc1ccc(COc2ccc(Oc3cc(F)cc(F)c3)cc2Cl)cc1. The van der Waals surface area contributed by atoms with Crippen molar-refractivity contribution in [2.24, 2.45) is 0 Å². The molecule has 2 nitrogen and oxygen atoms in total. The van der Waals surface area contributed by atoms with Gasteiger partial charge in [0, 0.05) is 24.3 Å². The summed E-state index contributed by atoms with van der Waals surface area (Å²) in [6, 6.07) is 13.4. The molecule has 0 aliphatic carbocycles. The molecule has 0 fully saturated rings. The first-order valence-electron chi connectivity index (χ1n) is 7.30. The third-order valence-electron chi connectivity index (χ3n) is 3.28. The van der Waals surface area contributed by atoms with Crippen LogP contribution in [0.5, 0.6) is 17.2 Å². The highest BCUT2D eigenvalue weighted by atomic mass is 35.5. The number of halogens is 4. The van der Waals surface area contributed by atoms with Gasteiger partial charge < -0.3 is 9.47 Å². The van der Waals surface area contributed by atoms with Gasteiger partial charge in [-0.05, 0) is 29.8 Å². The summed E-state index contributed by atoms with van der Waals surface area (Å²) in [5, 5.41) is 0.275. The van der Waals surface area contributed by atoms with E-state index < -0.39 is 11.6 Å². The number of hydrogen-bond acceptors (Lipinski definition) is 2. The van der Waals surface area contributed by atoms with Crippen molar-refractivity contribution in [1.29, 1.82) is 0 Å². The molecule has 0 aromatic heterocycles. The standard InChI is InChI=1S/C19H12ClF3O2/c20-18-10-16(25-17-8-14(22)7-15(23)9-17)5-6-19(18)24-11-12-1-3-13(21)4-2-12/h1-10H,11H2. The first-order valence-corrected chi connectivity index (χ1v) is 7.68. The van der Waals surface area contributed by atoms with Crippen molar-refractivity contribution < 1.29 is 22.6 Å². The fourth-order valence-electron chi connectivity index (χ4n) is 2.13. The van der Waals surface area contributed by atoms with Crippen LogP contribution in [0.2, 0.25) is 5.02 Å². The van der Waals surface area contributed by atoms with Crippen molar-refractivity contribution in [2.45, 2.75) is 6.61 Å². The first-order chi connectivity index (χ1) is 12.0. The van der Waals surface area contributed by atoms with Crippen molar-refractivity contribution >= 4 is 11.6 Å². The van der Waals surface area contributed by atoms with E-state index in [9.17, 15) is 13.2 Å². The van der Waals surface area contributed by atoms with E-state index in [2.05, 4.69) is 0 Å². The Balaban J connectivity index is 1.68. The second-order valence-corrected chi connectivity index (χ2v) is 5.62. The van der Waals surface area contributed by atoms with Crippen molar-refractivity contribution in [3.63, 3.8) is 0 Å². The third kappa shape index (κ3) is 4.67. The summed E-state index contributed by atoms with van der Waals surface area (Å²) >= 11 is 6.14. The molecule has 0 saturated carbocycles. The molecule has 0 spiro atoms. The smallest absolute Gasteiger partial charge is 0.138 e. The molecule has 3 aromatic carbocycles. The highest BCUT2D eigenvalue weighted by molar-refractivity contribution is 6.32. The quantitative estimate of drug-likeness (QED) is 0.542. The third-order valence-corrected chi connectivity index (χ3v) is 3.58. The summed E-state index contributed by atoms with van der Waals surface area (Å²) in [6.07, 6.45) is 0. The minimum Gasteiger partial charge on any atom is -0.487 e. The fourth-order valence-corrected chi connectivity index (χ4v) is 2.35. The topological polar surface area (TPSA) is 18.5 Å². The predicted octanol–water partition coefficient (Wildman–Crippen LogP) is 6.13. The van der Waals surface area contributed by atoms with Crippen LogP contribution < -0.4 is 9.47 Å². The molecule has 3 rings (SSSR count). The maximum Gasteiger partial charge on any atom is 0.138 e. The Labute approximate surface area is 147 Å². The Morgan fingerprint density at radius 1 is 0.720 bits per heavy atom. The van der Waals surface area contributed by atoms with E-state index in [0.717, 1.165) is 23.8 Å². The summed E-state index contributed by atoms with van der Waals surface area (Å²) in [7, 11) is 0. The molecule has 0 saturated heterocycles. The Bertz CT molecular complexity index is 862. The molecule has 0 heterocycles. The van der Waals surface area contributed by atoms with E-state index in [4.69, 9.17) is 21.1 Å². The van der Waals surface area contributed by atoms with Crippen LogP contribution in [0.4, 0.5) is 13.2 Å². The summed E-state index contributed by atoms with van der Waals surface area (Å²) in [5.41, 5.74) is 0.785. The monoisotopic (exact) mass is 364 g/mol. The minimum atomic E-state index is -0.736. The van der Waals surface area contributed by atoms with Gasteiger partial charge in [0.1, 0.15) is 41.3 Å². The molecule has 6 heteroatoms. The highest BCUT2D eigenvalue weighted by Crippen LogP contribution is 2.32. The molecule has 25 heavy (non-hydrogen) atoms. The zero-order valence-corrected chi connectivity index (χ0v) is 13.6. The highest BCUT2D eigenvalue weighted by Gasteiger charge is 2.07. The van der Waals surface area contributed by atoms with Crippen LogP contribution in [-0.2, 0) is 6.61 Å². The number of hydrogen-bond donors (Lipinski definition) is 0. The second kappa shape index (κ2) is 7.49. The largest absolute Gasteiger partial charge is 0.487 e. The fraction of sp³-hybridized carbons (Fsp3) is 0.0526. The first kappa shape index (κ1) is 17.2. The summed E-state index contributed by atoms with van der Waals surface area (Å²) in [6.45, 7) is 0.218. The van der Waals surface area contributed by atoms with Gasteiger partial charge in [0.05, 0.1) is 5.02 Å². The molecule has 0 radical (unpaired) electrons. The van der Waals surface area contributed by atoms with Gasteiger partial charge in [-0.25, -0.2) is 13.2 Å². The van der Waals surface area contributed by atoms with E-state index in [-0.39, 0.29) is 23.2 Å². The van der Waals surface area contributed by atoms with E-state index >= 15 is 0 Å². The van der Waals surface area contributed by atoms with Crippen molar-refractivity contribution in [2.75, 3.05) is 0 Å². The molecule has 0 atom stereocenters. The lowest BCUT2D eigenvalue weighted by Crippen LogP contribution is -1.96. The normalized spacial score (nSPS) is 10.6. The van der Waals surface area contributed by atoms with Gasteiger partial charge in [0.2, 0.25) is 0 Å². The van der Waals surface area contributed by atoms with Crippen LogP contribution in [0.1, 0.15) is 5.56 Å². The molecular weight excluding hydrogens is 353 g/mol. The molecule has 128 valence electrons. The average Bonchev–Trinajstić information content (AvgIpc) is 2.55. The summed E-state index contributed by atoms with van der Waals surface area (Å²) in [4.78, 5) is 0. The van der Waals surface area contributed by atoms with Crippen LogP contribution >= 0.6 is 11.6 Å². The van der Waals surface area contributed by atoms with Crippen molar-refractivity contribution in [1.82, 2.24) is 0 Å². The Kier molecular flexibility index (Phi) is 5.14. The second-order valence-electron chi connectivity index (χ2n) is 5.21. The Morgan fingerprint density at radius 3 is 2.04 bits per heavy atom. The van der Waals surface area contributed by atoms with Crippen LogP contribution in [0.3, 0.4) is 0 Å². The maximum atomic E-state index is 13.2. The Hall–Kier alpha value is -2.66. The minimum absolute atomic E-state index is 0.0218. The van der Waals surface area contributed by atoms with Gasteiger partial charge in [-0.2, -0.15) is 0 Å². The summed E-state index contributed by atoms with van der Waals surface area (Å²) < 4.78 is 50.2. The molecule has 0 bridgehead atoms. The lowest BCUT2D eigenvalue weighted by atomic mass is 10.2. The molecule has 0 N–H and O–H groups in total. The Morgan fingerprint density at radius 2 is 1.40 bits per heavy atom. The van der Waals surface area contributed by atoms with Crippen LogP contribution in [0, 0.1) is 17.5 Å². The van der Waals surface area contributed by atoms with Crippen LogP contribution in [-0.4, -0.2) is 0 Å². The molecule has 0 amide bonds.